The molecule has 0 bridgehead atoms. The lowest BCUT2D eigenvalue weighted by molar-refractivity contribution is 0.248. The first-order chi connectivity index (χ1) is 5.58. The third-order valence-corrected chi connectivity index (χ3v) is 3.31. The minimum atomic E-state index is -0.368. The summed E-state index contributed by atoms with van der Waals surface area (Å²) in [4.78, 5) is 1.18. The first-order valence-corrected chi connectivity index (χ1v) is 4.90. The molecule has 68 valence electrons. The van der Waals surface area contributed by atoms with E-state index in [1.54, 1.807) is 11.3 Å². The Labute approximate surface area is 77.0 Å². The van der Waals surface area contributed by atoms with Crippen LogP contribution >= 0.6 is 11.3 Å². The van der Waals surface area contributed by atoms with Gasteiger partial charge in [0, 0.05) is 17.0 Å². The Morgan fingerprint density at radius 2 is 2.33 bits per heavy atom. The van der Waals surface area contributed by atoms with Gasteiger partial charge in [-0.1, -0.05) is 0 Å². The maximum atomic E-state index is 8.82. The number of nitrogens with two attached hydrogens (primary N) is 1. The zero-order valence-electron chi connectivity index (χ0n) is 7.50. The van der Waals surface area contributed by atoms with Crippen LogP contribution < -0.4 is 5.73 Å². The lowest BCUT2D eigenvalue weighted by atomic mass is 9.95. The molecule has 1 aromatic heterocycles. The molecule has 0 spiro atoms. The predicted molar refractivity (Wildman–Crippen MR) is 52.3 cm³/mol. The van der Waals surface area contributed by atoms with Crippen molar-refractivity contribution in [3.05, 3.63) is 21.9 Å². The van der Waals surface area contributed by atoms with Crippen molar-refractivity contribution in [1.29, 1.82) is 0 Å². The van der Waals surface area contributed by atoms with Gasteiger partial charge in [-0.3, -0.25) is 0 Å². The highest BCUT2D eigenvalue weighted by molar-refractivity contribution is 7.10. The Kier molecular flexibility index (Phi) is 2.88. The molecular formula is C9H15NOS. The van der Waals surface area contributed by atoms with Gasteiger partial charge in [0.25, 0.3) is 0 Å². The van der Waals surface area contributed by atoms with E-state index in [2.05, 4.69) is 6.07 Å². The molecule has 1 atom stereocenters. The Morgan fingerprint density at radius 3 is 2.75 bits per heavy atom. The molecule has 0 saturated heterocycles. The molecule has 0 aliphatic carbocycles. The molecule has 3 heteroatoms. The molecular weight excluding hydrogens is 170 g/mol. The van der Waals surface area contributed by atoms with Crippen molar-refractivity contribution in [2.75, 3.05) is 6.61 Å². The largest absolute Gasteiger partial charge is 0.396 e. The van der Waals surface area contributed by atoms with Gasteiger partial charge >= 0.3 is 0 Å². The van der Waals surface area contributed by atoms with Crippen LogP contribution in [-0.2, 0) is 5.54 Å². The molecule has 2 nitrogen and oxygen atoms in total. The van der Waals surface area contributed by atoms with Gasteiger partial charge in [0.2, 0.25) is 0 Å². The van der Waals surface area contributed by atoms with Crippen LogP contribution in [0.1, 0.15) is 23.8 Å². The number of thiophene rings is 1. The molecule has 0 radical (unpaired) electrons. The first-order valence-electron chi connectivity index (χ1n) is 4.02. The standard InChI is InChI=1S/C9H15NOS/c1-7-3-6-12-8(7)9(2,10)4-5-11/h3,6,11H,4-5,10H2,1-2H3/t9-/m0/s1. The van der Waals surface area contributed by atoms with E-state index in [0.29, 0.717) is 6.42 Å². The Hall–Kier alpha value is -0.380. The molecule has 1 heterocycles. The summed E-state index contributed by atoms with van der Waals surface area (Å²) >= 11 is 1.66. The maximum Gasteiger partial charge on any atom is 0.0499 e. The molecule has 0 aromatic carbocycles. The van der Waals surface area contributed by atoms with Crippen molar-refractivity contribution in [3.8, 4) is 0 Å². The van der Waals surface area contributed by atoms with Crippen LogP contribution in [-0.4, -0.2) is 11.7 Å². The van der Waals surface area contributed by atoms with Crippen molar-refractivity contribution in [2.24, 2.45) is 5.73 Å². The van der Waals surface area contributed by atoms with E-state index in [1.807, 2.05) is 19.2 Å². The second kappa shape index (κ2) is 3.56. The predicted octanol–water partition coefficient (Wildman–Crippen LogP) is 1.61. The van der Waals surface area contributed by atoms with Crippen LogP contribution in [0.15, 0.2) is 11.4 Å². The summed E-state index contributed by atoms with van der Waals surface area (Å²) in [5.41, 5.74) is 6.90. The SMILES string of the molecule is Cc1ccsc1[C@@](C)(N)CCO. The molecule has 0 saturated carbocycles. The number of aryl methyl sites for hydroxylation is 1. The Morgan fingerprint density at radius 1 is 1.67 bits per heavy atom. The highest BCUT2D eigenvalue weighted by Crippen LogP contribution is 2.29. The highest BCUT2D eigenvalue weighted by Gasteiger charge is 2.23. The van der Waals surface area contributed by atoms with Gasteiger partial charge in [0.1, 0.15) is 0 Å². The smallest absolute Gasteiger partial charge is 0.0499 e. The second-order valence-corrected chi connectivity index (χ2v) is 4.24. The lowest BCUT2D eigenvalue weighted by Crippen LogP contribution is -2.33. The summed E-state index contributed by atoms with van der Waals surface area (Å²) in [6.45, 7) is 4.15. The molecule has 1 rings (SSSR count). The average Bonchev–Trinajstić information content (AvgIpc) is 2.35. The van der Waals surface area contributed by atoms with E-state index in [-0.39, 0.29) is 12.1 Å². The zero-order valence-corrected chi connectivity index (χ0v) is 8.32. The normalized spacial score (nSPS) is 16.0. The van der Waals surface area contributed by atoms with Crippen LogP contribution in [0.3, 0.4) is 0 Å². The minimum Gasteiger partial charge on any atom is -0.396 e. The van der Waals surface area contributed by atoms with Crippen LogP contribution in [0, 0.1) is 6.92 Å². The Balaban J connectivity index is 2.88. The summed E-state index contributed by atoms with van der Waals surface area (Å²) in [5, 5.41) is 10.9. The van der Waals surface area contributed by atoms with E-state index in [4.69, 9.17) is 10.8 Å². The van der Waals surface area contributed by atoms with Gasteiger partial charge in [-0.2, -0.15) is 0 Å². The maximum absolute atomic E-state index is 8.82. The zero-order chi connectivity index (χ0) is 9.19. The van der Waals surface area contributed by atoms with Gasteiger partial charge in [0.05, 0.1) is 0 Å². The fraction of sp³-hybridized carbons (Fsp3) is 0.556. The second-order valence-electron chi connectivity index (χ2n) is 3.32. The molecule has 0 unspecified atom stereocenters. The van der Waals surface area contributed by atoms with Crippen LogP contribution in [0.25, 0.3) is 0 Å². The van der Waals surface area contributed by atoms with Gasteiger partial charge < -0.3 is 10.8 Å². The van der Waals surface area contributed by atoms with Gasteiger partial charge in [-0.15, -0.1) is 11.3 Å². The molecule has 0 fully saturated rings. The first kappa shape index (κ1) is 9.71. The molecule has 1 aromatic rings. The van der Waals surface area contributed by atoms with Crippen LogP contribution in [0.5, 0.6) is 0 Å². The quantitative estimate of drug-likeness (QED) is 0.751. The topological polar surface area (TPSA) is 46.2 Å². The van der Waals surface area contributed by atoms with E-state index in [9.17, 15) is 0 Å². The number of hydrogen-bond donors (Lipinski definition) is 2. The van der Waals surface area contributed by atoms with E-state index in [1.165, 1.54) is 10.4 Å². The summed E-state index contributed by atoms with van der Waals surface area (Å²) in [6, 6.07) is 2.06. The number of rotatable bonds is 3. The summed E-state index contributed by atoms with van der Waals surface area (Å²) in [5.74, 6) is 0. The van der Waals surface area contributed by atoms with Crippen molar-refractivity contribution in [1.82, 2.24) is 0 Å². The van der Waals surface area contributed by atoms with E-state index >= 15 is 0 Å². The minimum absolute atomic E-state index is 0.143. The summed E-state index contributed by atoms with van der Waals surface area (Å²) in [7, 11) is 0. The molecule has 0 amide bonds. The van der Waals surface area contributed by atoms with Crippen molar-refractivity contribution < 1.29 is 5.11 Å². The summed E-state index contributed by atoms with van der Waals surface area (Å²) in [6.07, 6.45) is 0.619. The third kappa shape index (κ3) is 1.86. The van der Waals surface area contributed by atoms with E-state index < -0.39 is 0 Å². The fourth-order valence-corrected chi connectivity index (χ4v) is 2.34. The number of hydrogen-bond acceptors (Lipinski definition) is 3. The average molecular weight is 185 g/mol. The Bertz CT molecular complexity index is 255. The van der Waals surface area contributed by atoms with Gasteiger partial charge in [-0.05, 0) is 37.3 Å². The van der Waals surface area contributed by atoms with Crippen LogP contribution in [0.2, 0.25) is 0 Å². The molecule has 12 heavy (non-hydrogen) atoms. The van der Waals surface area contributed by atoms with Gasteiger partial charge in [0.15, 0.2) is 0 Å². The fourth-order valence-electron chi connectivity index (χ4n) is 1.30. The molecule has 0 aliphatic heterocycles. The van der Waals surface area contributed by atoms with Gasteiger partial charge in [-0.25, -0.2) is 0 Å². The van der Waals surface area contributed by atoms with Crippen molar-refractivity contribution >= 4 is 11.3 Å². The number of aliphatic hydroxyl groups is 1. The highest BCUT2D eigenvalue weighted by atomic mass is 32.1. The molecule has 3 N–H and O–H groups in total. The molecule has 0 aliphatic rings. The van der Waals surface area contributed by atoms with E-state index in [0.717, 1.165) is 0 Å². The third-order valence-electron chi connectivity index (χ3n) is 2.01. The lowest BCUT2D eigenvalue weighted by Gasteiger charge is -2.23. The van der Waals surface area contributed by atoms with Crippen molar-refractivity contribution in [3.63, 3.8) is 0 Å². The van der Waals surface area contributed by atoms with Crippen molar-refractivity contribution in [2.45, 2.75) is 25.8 Å². The number of aliphatic hydroxyl groups excluding tert-OH is 1. The van der Waals surface area contributed by atoms with Crippen LogP contribution in [0.4, 0.5) is 0 Å². The summed E-state index contributed by atoms with van der Waals surface area (Å²) < 4.78 is 0. The monoisotopic (exact) mass is 185 g/mol.